The maximum absolute atomic E-state index is 12.3. The van der Waals surface area contributed by atoms with Gasteiger partial charge in [0.15, 0.2) is 0 Å². The molecule has 2 rings (SSSR count). The van der Waals surface area contributed by atoms with E-state index in [1.807, 2.05) is 19.2 Å². The van der Waals surface area contributed by atoms with Gasteiger partial charge in [0, 0.05) is 12.7 Å². The fourth-order valence-electron chi connectivity index (χ4n) is 2.52. The van der Waals surface area contributed by atoms with Crippen LogP contribution < -0.4 is 10.2 Å². The predicted octanol–water partition coefficient (Wildman–Crippen LogP) is 2.91. The van der Waals surface area contributed by atoms with Crippen LogP contribution in [0.5, 0.6) is 0 Å². The van der Waals surface area contributed by atoms with E-state index in [2.05, 4.69) is 31.3 Å². The highest BCUT2D eigenvalue weighted by atomic mass is 16.2. The summed E-state index contributed by atoms with van der Waals surface area (Å²) in [5, 5.41) is 3.25. The van der Waals surface area contributed by atoms with Gasteiger partial charge in [-0.15, -0.1) is 0 Å². The third kappa shape index (κ3) is 3.16. The summed E-state index contributed by atoms with van der Waals surface area (Å²) in [5.74, 6) is 0.750. The summed E-state index contributed by atoms with van der Waals surface area (Å²) in [6.45, 7) is 5.38. The Bertz CT molecular complexity index is 421. The molecule has 0 spiro atoms. The molecule has 0 radical (unpaired) electrons. The van der Waals surface area contributed by atoms with Crippen molar-refractivity contribution in [2.24, 2.45) is 0 Å². The third-order valence-electron chi connectivity index (χ3n) is 4.15. The molecule has 3 heteroatoms. The number of likely N-dealkylation sites (N-methyl/N-ethyl adjacent to an activating group) is 1. The van der Waals surface area contributed by atoms with Crippen molar-refractivity contribution in [3.8, 4) is 0 Å². The summed E-state index contributed by atoms with van der Waals surface area (Å²) in [4.78, 5) is 14.1. The van der Waals surface area contributed by atoms with Crippen molar-refractivity contribution in [3.05, 3.63) is 29.8 Å². The van der Waals surface area contributed by atoms with E-state index in [-0.39, 0.29) is 11.9 Å². The monoisotopic (exact) mass is 260 g/mol. The topological polar surface area (TPSA) is 32.3 Å². The number of carbonyl (C=O) groups excluding carboxylic acids is 1. The molecule has 1 amide bonds. The van der Waals surface area contributed by atoms with Crippen molar-refractivity contribution in [2.75, 3.05) is 18.5 Å². The van der Waals surface area contributed by atoms with Gasteiger partial charge >= 0.3 is 0 Å². The highest BCUT2D eigenvalue weighted by Crippen LogP contribution is 2.22. The first-order valence-corrected chi connectivity index (χ1v) is 7.24. The molecule has 0 aliphatic carbocycles. The van der Waals surface area contributed by atoms with E-state index in [0.717, 1.165) is 31.5 Å². The molecule has 1 aliphatic rings. The molecule has 2 unspecified atom stereocenters. The van der Waals surface area contributed by atoms with Crippen LogP contribution in [0.3, 0.4) is 0 Å². The summed E-state index contributed by atoms with van der Waals surface area (Å²) < 4.78 is 0. The Hall–Kier alpha value is -1.35. The fourth-order valence-corrected chi connectivity index (χ4v) is 2.52. The number of anilines is 1. The molecule has 1 aromatic carbocycles. The molecule has 1 heterocycles. The first-order valence-electron chi connectivity index (χ1n) is 7.24. The highest BCUT2D eigenvalue weighted by Gasteiger charge is 2.25. The minimum atomic E-state index is -0.000702. The van der Waals surface area contributed by atoms with Gasteiger partial charge in [-0.05, 0) is 49.4 Å². The molecule has 0 saturated carbocycles. The second kappa shape index (κ2) is 6.20. The summed E-state index contributed by atoms with van der Waals surface area (Å²) >= 11 is 0. The van der Waals surface area contributed by atoms with Crippen molar-refractivity contribution >= 4 is 11.6 Å². The lowest BCUT2D eigenvalue weighted by Gasteiger charge is -2.22. The maximum Gasteiger partial charge on any atom is 0.243 e. The van der Waals surface area contributed by atoms with Gasteiger partial charge in [-0.2, -0.15) is 0 Å². The lowest BCUT2D eigenvalue weighted by Crippen LogP contribution is -2.41. The Kier molecular flexibility index (Phi) is 4.59. The predicted molar refractivity (Wildman–Crippen MR) is 79.6 cm³/mol. The van der Waals surface area contributed by atoms with Gasteiger partial charge in [0.05, 0.1) is 6.04 Å². The molecule has 1 fully saturated rings. The lowest BCUT2D eigenvalue weighted by atomic mass is 9.98. The molecule has 104 valence electrons. The van der Waals surface area contributed by atoms with E-state index in [1.165, 1.54) is 5.56 Å². The molecular formula is C16H24N2O. The average Bonchev–Trinajstić information content (AvgIpc) is 2.99. The Morgan fingerprint density at radius 3 is 2.63 bits per heavy atom. The first kappa shape index (κ1) is 14.1. The quantitative estimate of drug-likeness (QED) is 0.902. The summed E-state index contributed by atoms with van der Waals surface area (Å²) in [6.07, 6.45) is 3.19. The lowest BCUT2D eigenvalue weighted by molar-refractivity contribution is -0.119. The van der Waals surface area contributed by atoms with Crippen LogP contribution >= 0.6 is 0 Å². The Labute approximate surface area is 116 Å². The van der Waals surface area contributed by atoms with Gasteiger partial charge in [-0.3, -0.25) is 4.79 Å². The van der Waals surface area contributed by atoms with E-state index >= 15 is 0 Å². The summed E-state index contributed by atoms with van der Waals surface area (Å²) in [6, 6.07) is 8.37. The molecule has 2 atom stereocenters. The van der Waals surface area contributed by atoms with Gasteiger partial charge in [0.25, 0.3) is 0 Å². The van der Waals surface area contributed by atoms with Gasteiger partial charge in [0.1, 0.15) is 0 Å². The van der Waals surface area contributed by atoms with Crippen LogP contribution in [0.15, 0.2) is 24.3 Å². The Morgan fingerprint density at radius 1 is 1.42 bits per heavy atom. The summed E-state index contributed by atoms with van der Waals surface area (Å²) in [7, 11) is 1.86. The maximum atomic E-state index is 12.3. The highest BCUT2D eigenvalue weighted by molar-refractivity contribution is 5.96. The zero-order valence-electron chi connectivity index (χ0n) is 12.1. The van der Waals surface area contributed by atoms with Crippen LogP contribution in [0.2, 0.25) is 0 Å². The van der Waals surface area contributed by atoms with Crippen molar-refractivity contribution in [2.45, 2.75) is 45.1 Å². The van der Waals surface area contributed by atoms with Crippen molar-refractivity contribution in [1.82, 2.24) is 5.32 Å². The van der Waals surface area contributed by atoms with Crippen LogP contribution in [0.1, 0.15) is 44.6 Å². The van der Waals surface area contributed by atoms with Gasteiger partial charge in [-0.1, -0.05) is 26.0 Å². The molecule has 1 N–H and O–H groups in total. The zero-order valence-corrected chi connectivity index (χ0v) is 12.1. The molecular weight excluding hydrogens is 236 g/mol. The standard InChI is InChI=1S/C16H24N2O/c1-4-12(2)13-7-9-14(10-8-13)18(3)16(19)15-6-5-11-17-15/h7-10,12,15,17H,4-6,11H2,1-3H3. The minimum Gasteiger partial charge on any atom is -0.314 e. The fraction of sp³-hybridized carbons (Fsp3) is 0.562. The summed E-state index contributed by atoms with van der Waals surface area (Å²) in [5.41, 5.74) is 2.32. The van der Waals surface area contributed by atoms with Crippen LogP contribution in [0.25, 0.3) is 0 Å². The van der Waals surface area contributed by atoms with Crippen molar-refractivity contribution < 1.29 is 4.79 Å². The molecule has 3 nitrogen and oxygen atoms in total. The van der Waals surface area contributed by atoms with E-state index in [9.17, 15) is 4.79 Å². The largest absolute Gasteiger partial charge is 0.314 e. The number of hydrogen-bond donors (Lipinski definition) is 1. The minimum absolute atomic E-state index is 0.000702. The number of rotatable bonds is 4. The van der Waals surface area contributed by atoms with Crippen LogP contribution in [0.4, 0.5) is 5.69 Å². The van der Waals surface area contributed by atoms with Crippen LogP contribution in [-0.4, -0.2) is 25.5 Å². The van der Waals surface area contributed by atoms with E-state index in [1.54, 1.807) is 4.90 Å². The average molecular weight is 260 g/mol. The SMILES string of the molecule is CCC(C)c1ccc(N(C)C(=O)C2CCCN2)cc1. The van der Waals surface area contributed by atoms with Crippen molar-refractivity contribution in [1.29, 1.82) is 0 Å². The number of nitrogens with one attached hydrogen (secondary N) is 1. The zero-order chi connectivity index (χ0) is 13.8. The number of benzene rings is 1. The molecule has 0 bridgehead atoms. The second-order valence-electron chi connectivity index (χ2n) is 5.45. The number of carbonyl (C=O) groups is 1. The van der Waals surface area contributed by atoms with Crippen molar-refractivity contribution in [3.63, 3.8) is 0 Å². The molecule has 19 heavy (non-hydrogen) atoms. The normalized spacial score (nSPS) is 20.3. The third-order valence-corrected chi connectivity index (χ3v) is 4.15. The van der Waals surface area contributed by atoms with E-state index < -0.39 is 0 Å². The van der Waals surface area contributed by atoms with Gasteiger partial charge in [-0.25, -0.2) is 0 Å². The van der Waals surface area contributed by atoms with Gasteiger partial charge < -0.3 is 10.2 Å². The smallest absolute Gasteiger partial charge is 0.243 e. The molecule has 1 saturated heterocycles. The molecule has 0 aromatic heterocycles. The van der Waals surface area contributed by atoms with Gasteiger partial charge in [0.2, 0.25) is 5.91 Å². The molecule has 1 aliphatic heterocycles. The first-order chi connectivity index (χ1) is 9.13. The number of hydrogen-bond acceptors (Lipinski definition) is 2. The van der Waals surface area contributed by atoms with Crippen LogP contribution in [0, 0.1) is 0 Å². The second-order valence-corrected chi connectivity index (χ2v) is 5.45. The molecule has 1 aromatic rings. The van der Waals surface area contributed by atoms with E-state index in [0.29, 0.717) is 5.92 Å². The Balaban J connectivity index is 2.06. The van der Waals surface area contributed by atoms with Crippen LogP contribution in [-0.2, 0) is 4.79 Å². The van der Waals surface area contributed by atoms with E-state index in [4.69, 9.17) is 0 Å². The number of amides is 1. The number of nitrogens with zero attached hydrogens (tertiary/aromatic N) is 1. The Morgan fingerprint density at radius 2 is 2.11 bits per heavy atom.